The number of nitrogens with one attached hydrogen (secondary N) is 1. The van der Waals surface area contributed by atoms with Crippen molar-refractivity contribution >= 4 is 5.69 Å². The minimum Gasteiger partial charge on any atom is -0.491 e. The van der Waals surface area contributed by atoms with Gasteiger partial charge in [-0.3, -0.25) is 0 Å². The lowest BCUT2D eigenvalue weighted by Crippen LogP contribution is -2.14. The first-order valence-corrected chi connectivity index (χ1v) is 6.15. The molecule has 0 aliphatic rings. The molecule has 1 aromatic rings. The highest BCUT2D eigenvalue weighted by Crippen LogP contribution is 2.18. The van der Waals surface area contributed by atoms with Gasteiger partial charge in [0, 0.05) is 11.7 Å². The minimum atomic E-state index is 0.234. The van der Waals surface area contributed by atoms with Crippen LogP contribution in [0, 0.1) is 0 Å². The summed E-state index contributed by atoms with van der Waals surface area (Å²) in [7, 11) is 0. The first-order chi connectivity index (χ1) is 7.61. The van der Waals surface area contributed by atoms with Gasteiger partial charge in [0.1, 0.15) is 5.75 Å². The Hall–Kier alpha value is -1.18. The molecular formula is C14H23NO. The monoisotopic (exact) mass is 221 g/mol. The zero-order valence-electron chi connectivity index (χ0n) is 10.8. The van der Waals surface area contributed by atoms with Crippen molar-refractivity contribution in [2.75, 3.05) is 5.32 Å². The van der Waals surface area contributed by atoms with Gasteiger partial charge in [-0.25, -0.2) is 0 Å². The molecule has 0 saturated carbocycles. The van der Waals surface area contributed by atoms with Crippen LogP contribution in [-0.4, -0.2) is 12.1 Å². The predicted molar refractivity (Wildman–Crippen MR) is 70.2 cm³/mol. The highest BCUT2D eigenvalue weighted by atomic mass is 16.5. The lowest BCUT2D eigenvalue weighted by Gasteiger charge is -2.15. The van der Waals surface area contributed by atoms with Crippen LogP contribution < -0.4 is 10.1 Å². The molecule has 0 aliphatic carbocycles. The Balaban J connectivity index is 2.50. The molecule has 0 aromatic heterocycles. The third-order valence-corrected chi connectivity index (χ3v) is 2.36. The van der Waals surface area contributed by atoms with Gasteiger partial charge in [-0.15, -0.1) is 0 Å². The Labute approximate surface area is 99.0 Å². The Kier molecular flexibility index (Phi) is 5.17. The van der Waals surface area contributed by atoms with Gasteiger partial charge in [-0.1, -0.05) is 13.3 Å². The summed E-state index contributed by atoms with van der Waals surface area (Å²) < 4.78 is 5.59. The Morgan fingerprint density at radius 3 is 2.25 bits per heavy atom. The van der Waals surface area contributed by atoms with Crippen LogP contribution in [0.4, 0.5) is 5.69 Å². The van der Waals surface area contributed by atoms with Gasteiger partial charge < -0.3 is 10.1 Å². The molecule has 0 fully saturated rings. The third kappa shape index (κ3) is 4.56. The lowest BCUT2D eigenvalue weighted by molar-refractivity contribution is 0.242. The number of ether oxygens (including phenoxy) is 1. The number of benzene rings is 1. The summed E-state index contributed by atoms with van der Waals surface area (Å²) in [5.41, 5.74) is 1.16. The summed E-state index contributed by atoms with van der Waals surface area (Å²) in [5, 5.41) is 3.47. The molecule has 1 aromatic carbocycles. The van der Waals surface area contributed by atoms with E-state index >= 15 is 0 Å². The van der Waals surface area contributed by atoms with Gasteiger partial charge in [0.05, 0.1) is 6.10 Å². The Morgan fingerprint density at radius 2 is 1.75 bits per heavy atom. The topological polar surface area (TPSA) is 21.3 Å². The van der Waals surface area contributed by atoms with Crippen LogP contribution in [0.1, 0.15) is 40.5 Å². The van der Waals surface area contributed by atoms with E-state index in [0.29, 0.717) is 6.04 Å². The minimum absolute atomic E-state index is 0.234. The van der Waals surface area contributed by atoms with Gasteiger partial charge in [0.15, 0.2) is 0 Å². The molecule has 1 atom stereocenters. The van der Waals surface area contributed by atoms with Crippen molar-refractivity contribution in [3.05, 3.63) is 24.3 Å². The maximum atomic E-state index is 5.59. The molecule has 0 amide bonds. The average Bonchev–Trinajstić information content (AvgIpc) is 2.20. The number of rotatable bonds is 6. The molecule has 0 aliphatic heterocycles. The van der Waals surface area contributed by atoms with E-state index in [1.165, 1.54) is 12.8 Å². The lowest BCUT2D eigenvalue weighted by atomic mass is 10.2. The van der Waals surface area contributed by atoms with Gasteiger partial charge >= 0.3 is 0 Å². The fourth-order valence-corrected chi connectivity index (χ4v) is 1.69. The largest absolute Gasteiger partial charge is 0.491 e. The number of anilines is 1. The van der Waals surface area contributed by atoms with Crippen molar-refractivity contribution in [1.29, 1.82) is 0 Å². The average molecular weight is 221 g/mol. The van der Waals surface area contributed by atoms with E-state index in [4.69, 9.17) is 4.74 Å². The highest BCUT2D eigenvalue weighted by molar-refractivity contribution is 5.46. The smallest absolute Gasteiger partial charge is 0.119 e. The molecular weight excluding hydrogens is 198 g/mol. The molecule has 90 valence electrons. The maximum Gasteiger partial charge on any atom is 0.119 e. The van der Waals surface area contributed by atoms with E-state index in [9.17, 15) is 0 Å². The Morgan fingerprint density at radius 1 is 1.12 bits per heavy atom. The fraction of sp³-hybridized carbons (Fsp3) is 0.571. The van der Waals surface area contributed by atoms with Crippen molar-refractivity contribution in [2.45, 2.75) is 52.7 Å². The standard InChI is InChI=1S/C14H23NO/c1-5-6-12(4)15-13-7-9-14(10-8-13)16-11(2)3/h7-12,15H,5-6H2,1-4H3. The van der Waals surface area contributed by atoms with Crippen molar-refractivity contribution in [3.63, 3.8) is 0 Å². The quantitative estimate of drug-likeness (QED) is 0.781. The molecule has 1 N–H and O–H groups in total. The van der Waals surface area contributed by atoms with Gasteiger partial charge in [-0.05, 0) is 51.5 Å². The van der Waals surface area contributed by atoms with Crippen LogP contribution in [0.3, 0.4) is 0 Å². The van der Waals surface area contributed by atoms with Crippen LogP contribution in [-0.2, 0) is 0 Å². The molecule has 0 saturated heterocycles. The molecule has 0 heterocycles. The fourth-order valence-electron chi connectivity index (χ4n) is 1.69. The molecule has 0 spiro atoms. The second-order valence-electron chi connectivity index (χ2n) is 4.53. The van der Waals surface area contributed by atoms with Crippen molar-refractivity contribution in [2.24, 2.45) is 0 Å². The molecule has 0 bridgehead atoms. The highest BCUT2D eigenvalue weighted by Gasteiger charge is 2.01. The molecule has 2 heteroatoms. The second-order valence-corrected chi connectivity index (χ2v) is 4.53. The van der Waals surface area contributed by atoms with Crippen molar-refractivity contribution in [3.8, 4) is 5.75 Å². The van der Waals surface area contributed by atoms with E-state index in [1.807, 2.05) is 26.0 Å². The molecule has 1 rings (SSSR count). The van der Waals surface area contributed by atoms with E-state index in [-0.39, 0.29) is 6.10 Å². The zero-order valence-corrected chi connectivity index (χ0v) is 10.8. The number of hydrogen-bond donors (Lipinski definition) is 1. The molecule has 0 radical (unpaired) electrons. The normalized spacial score (nSPS) is 12.6. The number of hydrogen-bond acceptors (Lipinski definition) is 2. The summed E-state index contributed by atoms with van der Waals surface area (Å²) in [6.45, 7) is 8.49. The summed E-state index contributed by atoms with van der Waals surface area (Å²) in [6, 6.07) is 8.71. The third-order valence-electron chi connectivity index (χ3n) is 2.36. The summed E-state index contributed by atoms with van der Waals surface area (Å²) in [6.07, 6.45) is 2.64. The molecule has 2 nitrogen and oxygen atoms in total. The maximum absolute atomic E-state index is 5.59. The van der Waals surface area contributed by atoms with Gasteiger partial charge in [0.2, 0.25) is 0 Å². The van der Waals surface area contributed by atoms with Crippen molar-refractivity contribution < 1.29 is 4.74 Å². The van der Waals surface area contributed by atoms with Crippen LogP contribution in [0.2, 0.25) is 0 Å². The van der Waals surface area contributed by atoms with Crippen LogP contribution >= 0.6 is 0 Å². The first kappa shape index (κ1) is 12.9. The molecule has 16 heavy (non-hydrogen) atoms. The van der Waals surface area contributed by atoms with E-state index in [1.54, 1.807) is 0 Å². The van der Waals surface area contributed by atoms with Crippen LogP contribution in [0.15, 0.2) is 24.3 Å². The van der Waals surface area contributed by atoms with Crippen LogP contribution in [0.5, 0.6) is 5.75 Å². The van der Waals surface area contributed by atoms with E-state index in [0.717, 1.165) is 11.4 Å². The second kappa shape index (κ2) is 6.41. The Bertz CT molecular complexity index is 292. The summed E-state index contributed by atoms with van der Waals surface area (Å²) in [4.78, 5) is 0. The summed E-state index contributed by atoms with van der Waals surface area (Å²) >= 11 is 0. The van der Waals surface area contributed by atoms with E-state index in [2.05, 4.69) is 31.3 Å². The van der Waals surface area contributed by atoms with Gasteiger partial charge in [0.25, 0.3) is 0 Å². The first-order valence-electron chi connectivity index (χ1n) is 6.15. The molecule has 1 unspecified atom stereocenters. The van der Waals surface area contributed by atoms with Gasteiger partial charge in [-0.2, -0.15) is 0 Å². The summed E-state index contributed by atoms with van der Waals surface area (Å²) in [5.74, 6) is 0.934. The predicted octanol–water partition coefficient (Wildman–Crippen LogP) is 4.07. The van der Waals surface area contributed by atoms with Crippen LogP contribution in [0.25, 0.3) is 0 Å². The zero-order chi connectivity index (χ0) is 12.0. The van der Waals surface area contributed by atoms with Crippen molar-refractivity contribution in [1.82, 2.24) is 0 Å². The van der Waals surface area contributed by atoms with E-state index < -0.39 is 0 Å². The SMILES string of the molecule is CCCC(C)Nc1ccc(OC(C)C)cc1.